The molecule has 2 saturated heterocycles. The first-order chi connectivity index (χ1) is 12.6. The third kappa shape index (κ3) is 3.79. The Kier molecular flexibility index (Phi) is 6.10. The van der Waals surface area contributed by atoms with Crippen molar-refractivity contribution < 1.29 is 13.5 Å². The van der Waals surface area contributed by atoms with Crippen LogP contribution in [0.5, 0.6) is 0 Å². The zero-order valence-electron chi connectivity index (χ0n) is 15.8. The second-order valence-corrected chi connectivity index (χ2v) is 9.77. The molecule has 0 amide bonds. The van der Waals surface area contributed by atoms with Crippen LogP contribution in [-0.4, -0.2) is 55.6 Å². The molecule has 0 bridgehead atoms. The zero-order chi connectivity index (χ0) is 18.3. The normalized spacial score (nSPS) is 51.7. The van der Waals surface area contributed by atoms with Crippen LogP contribution in [0.25, 0.3) is 0 Å². The summed E-state index contributed by atoms with van der Waals surface area (Å²) in [5.41, 5.74) is 0. The molecule has 4 fully saturated rings. The van der Waals surface area contributed by atoms with Crippen LogP contribution in [0.2, 0.25) is 0 Å². The number of piperidine rings is 1. The van der Waals surface area contributed by atoms with Crippen LogP contribution in [0.15, 0.2) is 0 Å². The molecule has 4 aliphatic rings. The SMILES string of the molecule is COC1CCC(CNC2C(F)CC3NC4SNC(C)C4CC3C2F)CC1. The fraction of sp³-hybridized carbons (Fsp3) is 1.00. The number of rotatable bonds is 4. The largest absolute Gasteiger partial charge is 0.381 e. The predicted octanol–water partition coefficient (Wildman–Crippen LogP) is 2.79. The van der Waals surface area contributed by atoms with E-state index in [0.717, 1.165) is 38.6 Å². The van der Waals surface area contributed by atoms with E-state index in [2.05, 4.69) is 22.3 Å². The highest BCUT2D eigenvalue weighted by molar-refractivity contribution is 7.98. The van der Waals surface area contributed by atoms with Crippen molar-refractivity contribution in [2.75, 3.05) is 13.7 Å². The molecule has 3 N–H and O–H groups in total. The Morgan fingerprint density at radius 3 is 2.62 bits per heavy atom. The van der Waals surface area contributed by atoms with E-state index in [0.29, 0.717) is 35.8 Å². The van der Waals surface area contributed by atoms with Gasteiger partial charge < -0.3 is 15.4 Å². The lowest BCUT2D eigenvalue weighted by molar-refractivity contribution is -0.00312. The van der Waals surface area contributed by atoms with Crippen molar-refractivity contribution in [1.29, 1.82) is 0 Å². The molecule has 0 aromatic rings. The van der Waals surface area contributed by atoms with Crippen molar-refractivity contribution in [1.82, 2.24) is 15.4 Å². The number of ether oxygens (including phenoxy) is 1. The van der Waals surface area contributed by atoms with E-state index >= 15 is 4.39 Å². The smallest absolute Gasteiger partial charge is 0.122 e. The highest BCUT2D eigenvalue weighted by atomic mass is 32.2. The molecule has 0 aromatic carbocycles. The summed E-state index contributed by atoms with van der Waals surface area (Å²) >= 11 is 1.69. The molecule has 0 aromatic heterocycles. The van der Waals surface area contributed by atoms with Gasteiger partial charge in [0.1, 0.15) is 12.3 Å². The minimum absolute atomic E-state index is 0.0314. The summed E-state index contributed by atoms with van der Waals surface area (Å²) in [7, 11) is 1.77. The van der Waals surface area contributed by atoms with Gasteiger partial charge in [-0.2, -0.15) is 0 Å². The van der Waals surface area contributed by atoms with E-state index in [1.165, 1.54) is 0 Å². The number of fused-ring (bicyclic) bond motifs is 2. The van der Waals surface area contributed by atoms with E-state index in [1.54, 1.807) is 19.1 Å². The van der Waals surface area contributed by atoms with Crippen LogP contribution in [0, 0.1) is 17.8 Å². The van der Waals surface area contributed by atoms with Crippen LogP contribution >= 0.6 is 11.9 Å². The summed E-state index contributed by atoms with van der Waals surface area (Å²) in [6.45, 7) is 2.90. The van der Waals surface area contributed by atoms with E-state index in [9.17, 15) is 4.39 Å². The number of alkyl halides is 2. The number of nitrogens with one attached hydrogen (secondary N) is 3. The van der Waals surface area contributed by atoms with Gasteiger partial charge in [0, 0.05) is 31.0 Å². The standard InChI is InChI=1S/C19H33F2N3OS/c1-10-13-7-14-16(23-19(13)26-24-10)8-15(20)18(17(14)21)22-9-11-3-5-12(25-2)6-4-11/h10-19,22-24H,3-9H2,1-2H3. The summed E-state index contributed by atoms with van der Waals surface area (Å²) in [4.78, 5) is 0. The molecule has 2 aliphatic carbocycles. The molecule has 0 radical (unpaired) electrons. The Labute approximate surface area is 160 Å². The van der Waals surface area contributed by atoms with Crippen molar-refractivity contribution >= 4 is 11.9 Å². The topological polar surface area (TPSA) is 45.3 Å². The third-order valence-corrected chi connectivity index (χ3v) is 8.49. The molecule has 2 saturated carbocycles. The maximum absolute atomic E-state index is 15.3. The first-order valence-corrected chi connectivity index (χ1v) is 11.2. The van der Waals surface area contributed by atoms with Gasteiger partial charge in [-0.1, -0.05) is 11.9 Å². The second-order valence-electron chi connectivity index (χ2n) is 8.79. The highest BCUT2D eigenvalue weighted by Crippen LogP contribution is 2.44. The average Bonchev–Trinajstić information content (AvgIpc) is 3.01. The van der Waals surface area contributed by atoms with E-state index < -0.39 is 18.4 Å². The van der Waals surface area contributed by atoms with Crippen LogP contribution in [0.3, 0.4) is 0 Å². The lowest BCUT2D eigenvalue weighted by Crippen LogP contribution is -2.63. The molecule has 2 heterocycles. The van der Waals surface area contributed by atoms with Crippen molar-refractivity contribution in [3.63, 3.8) is 0 Å². The summed E-state index contributed by atoms with van der Waals surface area (Å²) in [6, 6.07) is -0.292. The lowest BCUT2D eigenvalue weighted by atomic mass is 9.71. The Balaban J connectivity index is 1.33. The van der Waals surface area contributed by atoms with E-state index in [1.807, 2.05) is 0 Å². The van der Waals surface area contributed by atoms with Crippen molar-refractivity contribution in [2.24, 2.45) is 17.8 Å². The van der Waals surface area contributed by atoms with E-state index in [-0.39, 0.29) is 12.0 Å². The second kappa shape index (κ2) is 8.19. The summed E-state index contributed by atoms with van der Waals surface area (Å²) in [6.07, 6.45) is 3.73. The van der Waals surface area contributed by atoms with Crippen molar-refractivity contribution in [3.05, 3.63) is 0 Å². The van der Waals surface area contributed by atoms with Gasteiger partial charge in [-0.15, -0.1) is 0 Å². The van der Waals surface area contributed by atoms with Crippen LogP contribution < -0.4 is 15.4 Å². The monoisotopic (exact) mass is 389 g/mol. The molecule has 2 aliphatic heterocycles. The number of methoxy groups -OCH3 is 1. The fourth-order valence-electron chi connectivity index (χ4n) is 5.48. The van der Waals surface area contributed by atoms with Crippen LogP contribution in [-0.2, 0) is 4.74 Å². The Hall–Kier alpha value is 0.0500. The van der Waals surface area contributed by atoms with Gasteiger partial charge in [0.2, 0.25) is 0 Å². The van der Waals surface area contributed by atoms with Gasteiger partial charge in [0.25, 0.3) is 0 Å². The summed E-state index contributed by atoms with van der Waals surface area (Å²) in [5.74, 6) is 0.872. The molecule has 4 rings (SSSR count). The number of hydrogen-bond donors (Lipinski definition) is 3. The lowest BCUT2D eigenvalue weighted by Gasteiger charge is -2.48. The quantitative estimate of drug-likeness (QED) is 0.646. The number of hydrogen-bond acceptors (Lipinski definition) is 5. The first-order valence-electron chi connectivity index (χ1n) is 10.3. The van der Waals surface area contributed by atoms with Gasteiger partial charge >= 0.3 is 0 Å². The molecular weight excluding hydrogens is 356 g/mol. The summed E-state index contributed by atoms with van der Waals surface area (Å²) in [5, 5.41) is 7.11. The maximum atomic E-state index is 15.3. The molecule has 7 heteroatoms. The van der Waals surface area contributed by atoms with Gasteiger partial charge in [-0.25, -0.2) is 8.78 Å². The molecule has 4 nitrogen and oxygen atoms in total. The first kappa shape index (κ1) is 19.4. The predicted molar refractivity (Wildman–Crippen MR) is 101 cm³/mol. The minimum Gasteiger partial charge on any atom is -0.381 e. The van der Waals surface area contributed by atoms with Gasteiger partial charge in [-0.3, -0.25) is 4.72 Å². The zero-order valence-corrected chi connectivity index (χ0v) is 16.6. The Bertz CT molecular complexity index is 480. The van der Waals surface area contributed by atoms with Crippen molar-refractivity contribution in [2.45, 2.75) is 87.4 Å². The van der Waals surface area contributed by atoms with Crippen LogP contribution in [0.1, 0.15) is 45.4 Å². The van der Waals surface area contributed by atoms with Gasteiger partial charge in [-0.05, 0) is 57.9 Å². The Morgan fingerprint density at radius 1 is 1.12 bits per heavy atom. The average molecular weight is 390 g/mol. The number of halogens is 2. The van der Waals surface area contributed by atoms with Crippen molar-refractivity contribution in [3.8, 4) is 0 Å². The molecule has 150 valence electrons. The van der Waals surface area contributed by atoms with Gasteiger partial charge in [0.15, 0.2) is 0 Å². The van der Waals surface area contributed by atoms with Crippen LogP contribution in [0.4, 0.5) is 8.78 Å². The highest BCUT2D eigenvalue weighted by Gasteiger charge is 2.52. The fourth-order valence-corrected chi connectivity index (χ4v) is 6.78. The molecule has 8 unspecified atom stereocenters. The molecular formula is C19H33F2N3OS. The molecule has 8 atom stereocenters. The van der Waals surface area contributed by atoms with E-state index in [4.69, 9.17) is 4.74 Å². The van der Waals surface area contributed by atoms with Gasteiger partial charge in [0.05, 0.1) is 17.5 Å². The minimum atomic E-state index is -1.11. The molecule has 26 heavy (non-hydrogen) atoms. The third-order valence-electron chi connectivity index (χ3n) is 7.24. The maximum Gasteiger partial charge on any atom is 0.122 e. The Morgan fingerprint density at radius 2 is 1.88 bits per heavy atom. The molecule has 0 spiro atoms. The summed E-state index contributed by atoms with van der Waals surface area (Å²) < 4.78 is 38.9.